The van der Waals surface area contributed by atoms with Crippen molar-refractivity contribution in [3.05, 3.63) is 30.3 Å². The molecular weight excluding hydrogens is 288 g/mol. The van der Waals surface area contributed by atoms with Gasteiger partial charge in [0.25, 0.3) is 5.91 Å². The van der Waals surface area contributed by atoms with Crippen LogP contribution in [-0.4, -0.2) is 25.1 Å². The van der Waals surface area contributed by atoms with Gasteiger partial charge in [-0.05, 0) is 30.9 Å². The number of nitrogens with two attached hydrogens (primary N) is 1. The Hall–Kier alpha value is -1.26. The summed E-state index contributed by atoms with van der Waals surface area (Å²) in [6.07, 6.45) is 6.14. The van der Waals surface area contributed by atoms with Crippen molar-refractivity contribution in [1.29, 1.82) is 0 Å². The lowest BCUT2D eigenvalue weighted by molar-refractivity contribution is -0.124. The van der Waals surface area contributed by atoms with Gasteiger partial charge in [0, 0.05) is 12.6 Å². The van der Waals surface area contributed by atoms with E-state index in [1.54, 1.807) is 0 Å². The molecule has 1 unspecified atom stereocenters. The lowest BCUT2D eigenvalue weighted by Gasteiger charge is -2.30. The fraction of sp³-hybridized carbons (Fsp3) is 0.562. The molecule has 1 amide bonds. The second-order valence-electron chi connectivity index (χ2n) is 5.41. The number of hydrogen-bond acceptors (Lipinski definition) is 3. The third-order valence-electron chi connectivity index (χ3n) is 3.93. The highest BCUT2D eigenvalue weighted by molar-refractivity contribution is 5.85. The number of para-hydroxylation sites is 1. The van der Waals surface area contributed by atoms with E-state index in [1.807, 2.05) is 30.3 Å². The summed E-state index contributed by atoms with van der Waals surface area (Å²) < 4.78 is 5.45. The highest BCUT2D eigenvalue weighted by atomic mass is 35.5. The van der Waals surface area contributed by atoms with Gasteiger partial charge >= 0.3 is 0 Å². The van der Waals surface area contributed by atoms with Crippen LogP contribution in [0.25, 0.3) is 0 Å². The smallest absolute Gasteiger partial charge is 0.258 e. The fourth-order valence-corrected chi connectivity index (χ4v) is 2.82. The first-order valence-corrected chi connectivity index (χ1v) is 7.47. The zero-order valence-electron chi connectivity index (χ0n) is 12.3. The molecule has 0 heterocycles. The van der Waals surface area contributed by atoms with Gasteiger partial charge in [0.2, 0.25) is 0 Å². The third-order valence-corrected chi connectivity index (χ3v) is 3.93. The Morgan fingerprint density at radius 3 is 2.52 bits per heavy atom. The Morgan fingerprint density at radius 2 is 1.90 bits per heavy atom. The molecule has 1 atom stereocenters. The molecule has 1 aromatic carbocycles. The van der Waals surface area contributed by atoms with Gasteiger partial charge in [0.05, 0.1) is 0 Å². The predicted molar refractivity (Wildman–Crippen MR) is 86.7 cm³/mol. The summed E-state index contributed by atoms with van der Waals surface area (Å²) in [6.45, 7) is 0.551. The molecule has 3 N–H and O–H groups in total. The molecule has 0 aliphatic heterocycles. The van der Waals surface area contributed by atoms with E-state index < -0.39 is 0 Å². The number of amides is 1. The van der Waals surface area contributed by atoms with Crippen LogP contribution in [-0.2, 0) is 4.79 Å². The first kappa shape index (κ1) is 17.8. The Balaban J connectivity index is 0.00000220. The largest absolute Gasteiger partial charge is 0.484 e. The van der Waals surface area contributed by atoms with Crippen molar-refractivity contribution >= 4 is 18.3 Å². The third kappa shape index (κ3) is 5.94. The summed E-state index contributed by atoms with van der Waals surface area (Å²) in [6, 6.07) is 9.46. The first-order chi connectivity index (χ1) is 9.79. The van der Waals surface area contributed by atoms with E-state index in [4.69, 9.17) is 10.5 Å². The lowest BCUT2D eigenvalue weighted by atomic mass is 9.84. The van der Waals surface area contributed by atoms with Gasteiger partial charge in [-0.25, -0.2) is 0 Å². The predicted octanol–water partition coefficient (Wildman–Crippen LogP) is 2.51. The summed E-state index contributed by atoms with van der Waals surface area (Å²) in [5, 5.41) is 3.02. The van der Waals surface area contributed by atoms with Crippen LogP contribution in [0.1, 0.15) is 32.1 Å². The number of carbonyl (C=O) groups is 1. The van der Waals surface area contributed by atoms with Crippen molar-refractivity contribution in [3.63, 3.8) is 0 Å². The number of benzene rings is 1. The highest BCUT2D eigenvalue weighted by Crippen LogP contribution is 2.26. The van der Waals surface area contributed by atoms with Crippen LogP contribution in [0, 0.1) is 5.92 Å². The molecule has 1 aliphatic rings. The number of nitrogens with one attached hydrogen (secondary N) is 1. The highest BCUT2D eigenvalue weighted by Gasteiger charge is 2.23. The van der Waals surface area contributed by atoms with Crippen LogP contribution < -0.4 is 15.8 Å². The lowest BCUT2D eigenvalue weighted by Crippen LogP contribution is -2.47. The zero-order valence-corrected chi connectivity index (χ0v) is 13.1. The standard InChI is InChI=1S/C16H24N2O2.ClH/c17-11-15(13-7-3-1-4-8-13)18-16(19)12-20-14-9-5-2-6-10-14;/h2,5-6,9-10,13,15H,1,3-4,7-8,11-12,17H2,(H,18,19);1H. The minimum atomic E-state index is -0.0881. The average Bonchev–Trinajstić information content (AvgIpc) is 2.52. The van der Waals surface area contributed by atoms with Crippen molar-refractivity contribution < 1.29 is 9.53 Å². The van der Waals surface area contributed by atoms with E-state index in [0.717, 1.165) is 0 Å². The molecule has 5 heteroatoms. The van der Waals surface area contributed by atoms with E-state index in [-0.39, 0.29) is 31.0 Å². The monoisotopic (exact) mass is 312 g/mol. The summed E-state index contributed by atoms with van der Waals surface area (Å²) in [5.41, 5.74) is 5.80. The van der Waals surface area contributed by atoms with Crippen molar-refractivity contribution in [1.82, 2.24) is 5.32 Å². The number of hydrogen-bond donors (Lipinski definition) is 2. The molecule has 1 fully saturated rings. The summed E-state index contributed by atoms with van der Waals surface area (Å²) in [7, 11) is 0. The molecule has 2 rings (SSSR count). The molecular formula is C16H25ClN2O2. The Labute approximate surface area is 132 Å². The maximum atomic E-state index is 11.9. The topological polar surface area (TPSA) is 64.3 Å². The number of ether oxygens (including phenoxy) is 1. The van der Waals surface area contributed by atoms with E-state index in [2.05, 4.69) is 5.32 Å². The van der Waals surface area contributed by atoms with E-state index >= 15 is 0 Å². The summed E-state index contributed by atoms with van der Waals surface area (Å²) in [5.74, 6) is 1.15. The molecule has 0 spiro atoms. The van der Waals surface area contributed by atoms with Gasteiger partial charge in [-0.1, -0.05) is 37.5 Å². The maximum Gasteiger partial charge on any atom is 0.258 e. The van der Waals surface area contributed by atoms with E-state index in [1.165, 1.54) is 32.1 Å². The summed E-state index contributed by atoms with van der Waals surface area (Å²) >= 11 is 0. The van der Waals surface area contributed by atoms with Crippen molar-refractivity contribution in [2.45, 2.75) is 38.1 Å². The van der Waals surface area contributed by atoms with Crippen molar-refractivity contribution in [2.75, 3.05) is 13.2 Å². The van der Waals surface area contributed by atoms with Crippen LogP contribution in [0.5, 0.6) is 5.75 Å². The molecule has 118 valence electrons. The minimum absolute atomic E-state index is 0. The van der Waals surface area contributed by atoms with Crippen molar-refractivity contribution in [2.24, 2.45) is 11.7 Å². The van der Waals surface area contributed by atoms with Crippen molar-refractivity contribution in [3.8, 4) is 5.75 Å². The van der Waals surface area contributed by atoms with Gasteiger partial charge in [-0.15, -0.1) is 12.4 Å². The molecule has 1 aromatic rings. The van der Waals surface area contributed by atoms with Gasteiger partial charge in [0.15, 0.2) is 6.61 Å². The fourth-order valence-electron chi connectivity index (χ4n) is 2.82. The maximum absolute atomic E-state index is 11.9. The second kappa shape index (κ2) is 9.64. The van der Waals surface area contributed by atoms with Crippen LogP contribution in [0.2, 0.25) is 0 Å². The molecule has 0 aromatic heterocycles. The molecule has 0 radical (unpaired) electrons. The van der Waals surface area contributed by atoms with Gasteiger partial charge < -0.3 is 15.8 Å². The van der Waals surface area contributed by atoms with Crippen LogP contribution >= 0.6 is 12.4 Å². The van der Waals surface area contributed by atoms with E-state index in [0.29, 0.717) is 18.2 Å². The molecule has 0 bridgehead atoms. The van der Waals surface area contributed by atoms with Gasteiger partial charge in [-0.3, -0.25) is 4.79 Å². The molecule has 1 aliphatic carbocycles. The summed E-state index contributed by atoms with van der Waals surface area (Å²) in [4.78, 5) is 11.9. The second-order valence-corrected chi connectivity index (χ2v) is 5.41. The Morgan fingerprint density at radius 1 is 1.24 bits per heavy atom. The number of carbonyl (C=O) groups excluding carboxylic acids is 1. The van der Waals surface area contributed by atoms with Crippen LogP contribution in [0.3, 0.4) is 0 Å². The quantitative estimate of drug-likeness (QED) is 0.848. The first-order valence-electron chi connectivity index (χ1n) is 7.47. The zero-order chi connectivity index (χ0) is 14.2. The van der Waals surface area contributed by atoms with Crippen LogP contribution in [0.15, 0.2) is 30.3 Å². The molecule has 21 heavy (non-hydrogen) atoms. The molecule has 0 saturated heterocycles. The van der Waals surface area contributed by atoms with Gasteiger partial charge in [0.1, 0.15) is 5.75 Å². The molecule has 4 nitrogen and oxygen atoms in total. The van der Waals surface area contributed by atoms with Gasteiger partial charge in [-0.2, -0.15) is 0 Å². The Kier molecular flexibility index (Phi) is 8.16. The minimum Gasteiger partial charge on any atom is -0.484 e. The normalized spacial score (nSPS) is 16.6. The number of halogens is 1. The number of rotatable bonds is 6. The van der Waals surface area contributed by atoms with Crippen LogP contribution in [0.4, 0.5) is 0 Å². The average molecular weight is 313 g/mol. The SMILES string of the molecule is Cl.NCC(NC(=O)COc1ccccc1)C1CCCCC1. The van der Waals surface area contributed by atoms with E-state index in [9.17, 15) is 4.79 Å². The Bertz CT molecular complexity index is 408. The molecule has 1 saturated carbocycles.